The number of hydrogen-bond donors (Lipinski definition) is 3. The fraction of sp³-hybridized carbons (Fsp3) is 0.371. The Morgan fingerprint density at radius 3 is 2.58 bits per heavy atom. The lowest BCUT2D eigenvalue weighted by Crippen LogP contribution is -2.26. The van der Waals surface area contributed by atoms with E-state index in [1.807, 2.05) is 18.2 Å². The molecule has 13 nitrogen and oxygen atoms in total. The minimum Gasteiger partial charge on any atom is -0.493 e. The number of carbonyl (C=O) groups is 2. The molecule has 1 aliphatic carbocycles. The van der Waals surface area contributed by atoms with E-state index in [9.17, 15) is 14.4 Å². The van der Waals surface area contributed by atoms with E-state index >= 15 is 0 Å². The first-order chi connectivity index (χ1) is 23.3. The van der Waals surface area contributed by atoms with E-state index in [1.165, 1.54) is 6.92 Å². The summed E-state index contributed by atoms with van der Waals surface area (Å²) >= 11 is 0. The van der Waals surface area contributed by atoms with Gasteiger partial charge in [0.2, 0.25) is 34.7 Å². The number of benzene rings is 1. The van der Waals surface area contributed by atoms with Crippen LogP contribution in [0.4, 0.5) is 5.69 Å². The molecule has 1 atom stereocenters. The standard InChI is InChI=1S/C35H40N6O7/c1-21(42)39-26-13-11-22-18-29(45-2)33(46-3)34(47-4)32(22)24-12-14-27(28(43)19-25(24)26)37-16-6-9-30(44)38-17-7-10-31-40-35(41-48-31)23-8-5-15-36-20-23/h5,8,12,14-15,18-20,26H,6-7,9-11,13,16-17H2,1-4H3,(H,37,43)(H,38,44)(H,39,42). The van der Waals surface area contributed by atoms with Gasteiger partial charge in [-0.3, -0.25) is 19.4 Å². The third-order valence-electron chi connectivity index (χ3n) is 8.09. The quantitative estimate of drug-likeness (QED) is 0.166. The van der Waals surface area contributed by atoms with Crippen LogP contribution in [0.5, 0.6) is 17.2 Å². The molecular formula is C35H40N6O7. The van der Waals surface area contributed by atoms with E-state index in [0.717, 1.165) is 22.3 Å². The molecule has 0 aliphatic heterocycles. The maximum atomic E-state index is 13.5. The number of pyridine rings is 1. The van der Waals surface area contributed by atoms with Crippen LogP contribution in [0.1, 0.15) is 55.7 Å². The molecule has 0 fully saturated rings. The van der Waals surface area contributed by atoms with Crippen LogP contribution in [-0.2, 0) is 22.4 Å². The van der Waals surface area contributed by atoms with E-state index in [4.69, 9.17) is 18.7 Å². The number of rotatable bonds is 14. The number of anilines is 1. The Morgan fingerprint density at radius 2 is 1.85 bits per heavy atom. The Morgan fingerprint density at radius 1 is 1.02 bits per heavy atom. The lowest BCUT2D eigenvalue weighted by Gasteiger charge is -2.19. The van der Waals surface area contributed by atoms with Crippen molar-refractivity contribution in [2.45, 2.75) is 51.5 Å². The average molecular weight is 657 g/mol. The van der Waals surface area contributed by atoms with E-state index < -0.39 is 6.04 Å². The van der Waals surface area contributed by atoms with Gasteiger partial charge in [0.05, 0.1) is 33.1 Å². The number of ether oxygens (including phenoxy) is 3. The fourth-order valence-corrected chi connectivity index (χ4v) is 5.85. The van der Waals surface area contributed by atoms with Gasteiger partial charge < -0.3 is 34.7 Å². The third-order valence-corrected chi connectivity index (χ3v) is 8.09. The number of carbonyl (C=O) groups excluding carboxylic acids is 2. The van der Waals surface area contributed by atoms with Crippen molar-refractivity contribution in [3.63, 3.8) is 0 Å². The number of amides is 2. The highest BCUT2D eigenvalue weighted by Crippen LogP contribution is 2.50. The molecule has 0 spiro atoms. The third kappa shape index (κ3) is 7.91. The number of nitrogens with one attached hydrogen (secondary N) is 3. The molecule has 2 amide bonds. The average Bonchev–Trinajstić information content (AvgIpc) is 3.45. The Kier molecular flexibility index (Phi) is 11.2. The molecule has 252 valence electrons. The number of fused-ring (bicyclic) bond motifs is 3. The SMILES string of the molecule is COc1cc2c(c(OC)c1OC)-c1ccc(NCCCC(=O)NCCCc3nc(-c4cccnc4)no3)c(=O)cc1C(NC(C)=O)CC2. The number of aryl methyl sites for hydroxylation is 2. The second-order valence-corrected chi connectivity index (χ2v) is 11.3. The first-order valence-corrected chi connectivity index (χ1v) is 15.8. The van der Waals surface area contributed by atoms with Crippen LogP contribution >= 0.6 is 0 Å². The summed E-state index contributed by atoms with van der Waals surface area (Å²) in [5, 5.41) is 13.1. The summed E-state index contributed by atoms with van der Waals surface area (Å²) in [5.41, 5.74) is 4.09. The predicted molar refractivity (Wildman–Crippen MR) is 179 cm³/mol. The lowest BCUT2D eigenvalue weighted by atomic mass is 9.95. The first-order valence-electron chi connectivity index (χ1n) is 15.8. The highest BCUT2D eigenvalue weighted by atomic mass is 16.5. The zero-order chi connectivity index (χ0) is 34.0. The molecule has 4 aromatic rings. The molecule has 0 saturated carbocycles. The van der Waals surface area contributed by atoms with E-state index in [2.05, 4.69) is 31.1 Å². The van der Waals surface area contributed by atoms with Gasteiger partial charge in [0.1, 0.15) is 0 Å². The fourth-order valence-electron chi connectivity index (χ4n) is 5.85. The normalized spacial score (nSPS) is 13.4. The Hall–Kier alpha value is -5.46. The molecule has 2 aromatic carbocycles. The van der Waals surface area contributed by atoms with Crippen molar-refractivity contribution in [1.29, 1.82) is 0 Å². The monoisotopic (exact) mass is 656 g/mol. The number of nitrogens with zero attached hydrogens (tertiary/aromatic N) is 3. The summed E-state index contributed by atoms with van der Waals surface area (Å²) in [5.74, 6) is 2.16. The van der Waals surface area contributed by atoms with Crippen molar-refractivity contribution >= 4 is 17.5 Å². The largest absolute Gasteiger partial charge is 0.493 e. The molecule has 0 radical (unpaired) electrons. The molecule has 0 bridgehead atoms. The second-order valence-electron chi connectivity index (χ2n) is 11.3. The number of aromatic nitrogens is 3. The topological polar surface area (TPSA) is 167 Å². The Bertz CT molecular complexity index is 1810. The Balaban J connectivity index is 1.22. The van der Waals surface area contributed by atoms with Gasteiger partial charge in [-0.2, -0.15) is 4.98 Å². The van der Waals surface area contributed by atoms with Crippen LogP contribution < -0.4 is 35.6 Å². The van der Waals surface area contributed by atoms with E-state index in [0.29, 0.717) is 91.8 Å². The molecule has 48 heavy (non-hydrogen) atoms. The van der Waals surface area contributed by atoms with Crippen LogP contribution in [0.2, 0.25) is 0 Å². The van der Waals surface area contributed by atoms with Gasteiger partial charge in [0.25, 0.3) is 0 Å². The van der Waals surface area contributed by atoms with Crippen molar-refractivity contribution in [3.8, 4) is 39.8 Å². The molecule has 5 rings (SSSR count). The van der Waals surface area contributed by atoms with Crippen molar-refractivity contribution < 1.29 is 28.3 Å². The van der Waals surface area contributed by atoms with Crippen molar-refractivity contribution in [1.82, 2.24) is 25.8 Å². The summed E-state index contributed by atoms with van der Waals surface area (Å²) in [6.07, 6.45) is 6.52. The molecule has 1 unspecified atom stereocenters. The van der Waals surface area contributed by atoms with Gasteiger partial charge in [-0.15, -0.1) is 0 Å². The Labute approximate surface area is 278 Å². The molecule has 0 saturated heterocycles. The van der Waals surface area contributed by atoms with E-state index in [-0.39, 0.29) is 17.2 Å². The van der Waals surface area contributed by atoms with Crippen LogP contribution in [-0.4, -0.2) is 61.4 Å². The van der Waals surface area contributed by atoms with Crippen molar-refractivity contribution in [2.75, 3.05) is 39.7 Å². The summed E-state index contributed by atoms with van der Waals surface area (Å²) in [6, 6.07) is 10.3. The van der Waals surface area contributed by atoms with E-state index in [1.54, 1.807) is 51.9 Å². The lowest BCUT2D eigenvalue weighted by molar-refractivity contribution is -0.121. The molecular weight excluding hydrogens is 616 g/mol. The molecule has 1 aliphatic rings. The smallest absolute Gasteiger partial charge is 0.227 e. The zero-order valence-corrected chi connectivity index (χ0v) is 27.6. The molecule has 13 heteroatoms. The number of methoxy groups -OCH3 is 3. The summed E-state index contributed by atoms with van der Waals surface area (Å²) in [4.78, 5) is 46.5. The minimum absolute atomic E-state index is 0.0858. The number of hydrogen-bond acceptors (Lipinski definition) is 11. The van der Waals surface area contributed by atoms with Gasteiger partial charge in [-0.25, -0.2) is 0 Å². The van der Waals surface area contributed by atoms with Crippen LogP contribution in [0.25, 0.3) is 22.5 Å². The summed E-state index contributed by atoms with van der Waals surface area (Å²) in [7, 11) is 4.67. The van der Waals surface area contributed by atoms with Crippen LogP contribution in [0.3, 0.4) is 0 Å². The van der Waals surface area contributed by atoms with Crippen LogP contribution in [0.15, 0.2) is 58.1 Å². The van der Waals surface area contributed by atoms with Crippen LogP contribution in [0, 0.1) is 0 Å². The summed E-state index contributed by atoms with van der Waals surface area (Å²) < 4.78 is 22.4. The predicted octanol–water partition coefficient (Wildman–Crippen LogP) is 4.25. The van der Waals surface area contributed by atoms with Gasteiger partial charge in [0.15, 0.2) is 11.5 Å². The highest BCUT2D eigenvalue weighted by Gasteiger charge is 2.29. The van der Waals surface area contributed by atoms with Gasteiger partial charge >= 0.3 is 0 Å². The molecule has 2 aromatic heterocycles. The van der Waals surface area contributed by atoms with Crippen molar-refractivity contribution in [2.24, 2.45) is 0 Å². The second kappa shape index (κ2) is 15.9. The van der Waals surface area contributed by atoms with Crippen molar-refractivity contribution in [3.05, 3.63) is 76.0 Å². The highest BCUT2D eigenvalue weighted by molar-refractivity contribution is 5.84. The summed E-state index contributed by atoms with van der Waals surface area (Å²) in [6.45, 7) is 2.34. The first kappa shape index (κ1) is 33.9. The maximum Gasteiger partial charge on any atom is 0.227 e. The van der Waals surface area contributed by atoms with Gasteiger partial charge in [0, 0.05) is 56.4 Å². The van der Waals surface area contributed by atoms with Gasteiger partial charge in [-0.05, 0) is 72.7 Å². The molecule has 2 heterocycles. The van der Waals surface area contributed by atoms with Gasteiger partial charge in [-0.1, -0.05) is 11.2 Å². The maximum absolute atomic E-state index is 13.5. The molecule has 3 N–H and O–H groups in total. The minimum atomic E-state index is -0.397. The zero-order valence-electron chi connectivity index (χ0n) is 27.6.